The molecule has 0 aliphatic heterocycles. The maximum atomic E-state index is 6.88. The van der Waals surface area contributed by atoms with Crippen LogP contribution >= 0.6 is 0 Å². The zero-order valence-electron chi connectivity index (χ0n) is 2.40. The Labute approximate surface area is 45.7 Å². The smallest absolute Gasteiger partial charge is 0.283 e. The van der Waals surface area contributed by atoms with Gasteiger partial charge in [0.1, 0.15) is 0 Å². The fraction of sp³-hybridized carbons (Fsp3) is 0. The first-order valence-electron chi connectivity index (χ1n) is 0.447. The maximum Gasteiger partial charge on any atom is 0.283 e. The van der Waals surface area contributed by atoms with Crippen LogP contribution in [0, 0.1) is 11.5 Å². The minimum absolute atomic E-state index is 0. The van der Waals surface area contributed by atoms with Crippen LogP contribution in [0.3, 0.4) is 0 Å². The van der Waals surface area contributed by atoms with Gasteiger partial charge in [0.25, 0.3) is 6.26 Å². The fourth-order valence-electron chi connectivity index (χ4n) is 0. The molecule has 5 heavy (non-hydrogen) atoms. The molecule has 0 atom stereocenters. The van der Waals surface area contributed by atoms with Gasteiger partial charge in [0.15, 0.2) is 0 Å². The van der Waals surface area contributed by atoms with Crippen molar-refractivity contribution in [1.82, 2.24) is 6.15 Å². The van der Waals surface area contributed by atoms with Crippen molar-refractivity contribution >= 4 is 0 Å². The Morgan fingerprint density at radius 1 is 1.60 bits per heavy atom. The van der Waals surface area contributed by atoms with E-state index in [1.165, 1.54) is 0 Å². The normalized spacial score (nSPS) is 1.40. The van der Waals surface area contributed by atoms with Crippen LogP contribution in [0.25, 0.3) is 0 Å². The van der Waals surface area contributed by atoms with Gasteiger partial charge >= 0.3 is 0 Å². The summed E-state index contributed by atoms with van der Waals surface area (Å²) >= 11 is 0. The summed E-state index contributed by atoms with van der Waals surface area (Å²) in [4.78, 5) is 0. The minimum atomic E-state index is 0. The Bertz CT molecular complexity index is 31.1. The van der Waals surface area contributed by atoms with Crippen molar-refractivity contribution in [3.8, 4) is 6.26 Å². The molecule has 0 saturated carbocycles. The summed E-state index contributed by atoms with van der Waals surface area (Å²) in [7, 11) is 0. The third kappa shape index (κ3) is 167000. The molecule has 4 heteroatoms. The quantitative estimate of drug-likeness (QED) is 0.394. The van der Waals surface area contributed by atoms with E-state index in [9.17, 15) is 0 Å². The van der Waals surface area contributed by atoms with E-state index in [1.54, 1.807) is 0 Å². The van der Waals surface area contributed by atoms with Gasteiger partial charge in [0, 0.05) is 22.4 Å². The summed E-state index contributed by atoms with van der Waals surface area (Å²) in [5, 5.41) is 13.8. The molecular formula is CH4AgN2O. The van der Waals surface area contributed by atoms with Gasteiger partial charge in [-0.25, -0.2) is 0 Å². The Hall–Kier alpha value is -0.00974. The van der Waals surface area contributed by atoms with Crippen molar-refractivity contribution in [2.75, 3.05) is 0 Å². The Morgan fingerprint density at radius 2 is 1.60 bits per heavy atom. The van der Waals surface area contributed by atoms with Crippen LogP contribution in [0.2, 0.25) is 0 Å². The number of aliphatic hydroxyl groups excluding tert-OH is 1. The third-order valence-electron chi connectivity index (χ3n) is 0. The van der Waals surface area contributed by atoms with Gasteiger partial charge < -0.3 is 11.3 Å². The minimum Gasteiger partial charge on any atom is -0.443 e. The summed E-state index contributed by atoms with van der Waals surface area (Å²) in [5.41, 5.74) is 0. The van der Waals surface area contributed by atoms with Crippen molar-refractivity contribution in [3.05, 3.63) is 0 Å². The molecule has 0 amide bonds. The van der Waals surface area contributed by atoms with Crippen LogP contribution in [0.15, 0.2) is 0 Å². The topological polar surface area (TPSA) is 79.0 Å². The summed E-state index contributed by atoms with van der Waals surface area (Å²) in [6, 6.07) is 0. The summed E-state index contributed by atoms with van der Waals surface area (Å²) < 4.78 is 0. The second kappa shape index (κ2) is 36.4. The summed E-state index contributed by atoms with van der Waals surface area (Å²) in [6.45, 7) is 0. The van der Waals surface area contributed by atoms with Crippen molar-refractivity contribution < 1.29 is 27.5 Å². The zero-order valence-corrected chi connectivity index (χ0v) is 3.89. The predicted molar refractivity (Wildman–Crippen MR) is 12.6 cm³/mol. The summed E-state index contributed by atoms with van der Waals surface area (Å²) in [6.07, 6.45) is 0.750. The zero-order chi connectivity index (χ0) is 2.71. The molecule has 35 valence electrons. The van der Waals surface area contributed by atoms with Gasteiger partial charge in [0.05, 0.1) is 0 Å². The number of hydrogen-bond acceptors (Lipinski definition) is 3. The number of rotatable bonds is 0. The molecule has 3 nitrogen and oxygen atoms in total. The molecule has 4 N–H and O–H groups in total. The molecule has 0 aromatic heterocycles. The molecule has 0 bridgehead atoms. The van der Waals surface area contributed by atoms with Gasteiger partial charge in [-0.05, 0) is 0 Å². The van der Waals surface area contributed by atoms with Gasteiger partial charge in [-0.2, -0.15) is 5.26 Å². The Kier molecular flexibility index (Phi) is 146. The molecule has 0 spiro atoms. The largest absolute Gasteiger partial charge is 0.443 e. The van der Waals surface area contributed by atoms with E-state index in [0.717, 1.165) is 6.26 Å². The van der Waals surface area contributed by atoms with Crippen LogP contribution in [0.1, 0.15) is 0 Å². The van der Waals surface area contributed by atoms with Gasteiger partial charge in [-0.3, -0.25) is 0 Å². The fourth-order valence-corrected chi connectivity index (χ4v) is 0. The standard InChI is InChI=1S/CHNO.Ag.H3N/c2-1-3;;/h3H;;1H3. The molecule has 0 heterocycles. The second-order valence-electron chi connectivity index (χ2n) is 0.100. The molecule has 0 aromatic rings. The molecule has 1 radical (unpaired) electrons. The molecule has 0 fully saturated rings. The molecule has 0 rings (SSSR count). The molecular weight excluding hydrogens is 164 g/mol. The average Bonchev–Trinajstić information content (AvgIpc) is 0.918. The number of nitrogens with zero attached hydrogens (tertiary/aromatic N) is 1. The number of hydrogen-bond donors (Lipinski definition) is 2. The SMILES string of the molecule is N.N#CO.[Ag]. The van der Waals surface area contributed by atoms with Crippen molar-refractivity contribution in [1.29, 1.82) is 5.26 Å². The second-order valence-corrected chi connectivity index (χ2v) is 0.100. The van der Waals surface area contributed by atoms with Gasteiger partial charge in [-0.1, -0.05) is 0 Å². The van der Waals surface area contributed by atoms with Crippen molar-refractivity contribution in [3.63, 3.8) is 0 Å². The van der Waals surface area contributed by atoms with E-state index in [1.807, 2.05) is 0 Å². The molecule has 0 aliphatic carbocycles. The van der Waals surface area contributed by atoms with E-state index < -0.39 is 0 Å². The van der Waals surface area contributed by atoms with Gasteiger partial charge in [0.2, 0.25) is 0 Å². The average molecular weight is 168 g/mol. The molecule has 0 unspecified atom stereocenters. The predicted octanol–water partition coefficient (Wildman–Crippen LogP) is -0.000520. The van der Waals surface area contributed by atoms with Crippen LogP contribution in [-0.2, 0) is 22.4 Å². The Morgan fingerprint density at radius 3 is 1.60 bits per heavy atom. The summed E-state index contributed by atoms with van der Waals surface area (Å²) in [5.74, 6) is 0. The van der Waals surface area contributed by atoms with E-state index in [-0.39, 0.29) is 28.5 Å². The van der Waals surface area contributed by atoms with E-state index in [0.29, 0.717) is 0 Å². The van der Waals surface area contributed by atoms with Crippen molar-refractivity contribution in [2.45, 2.75) is 0 Å². The maximum absolute atomic E-state index is 6.88. The molecule has 0 aliphatic rings. The molecule has 0 aromatic carbocycles. The first-order valence-corrected chi connectivity index (χ1v) is 0.447. The van der Waals surface area contributed by atoms with E-state index >= 15 is 0 Å². The van der Waals surface area contributed by atoms with Gasteiger partial charge in [-0.15, -0.1) is 0 Å². The Balaban J connectivity index is -0.0000000200. The van der Waals surface area contributed by atoms with Crippen molar-refractivity contribution in [2.24, 2.45) is 0 Å². The molecule has 0 saturated heterocycles. The van der Waals surface area contributed by atoms with Crippen LogP contribution in [0.4, 0.5) is 0 Å². The first kappa shape index (κ1) is 20.1. The monoisotopic (exact) mass is 167 g/mol. The number of nitriles is 1. The number of aliphatic hydroxyl groups is 1. The van der Waals surface area contributed by atoms with Crippen LogP contribution in [-0.4, -0.2) is 5.11 Å². The van der Waals surface area contributed by atoms with E-state index in [2.05, 4.69) is 0 Å². The first-order chi connectivity index (χ1) is 1.41. The van der Waals surface area contributed by atoms with Crippen LogP contribution < -0.4 is 6.15 Å². The van der Waals surface area contributed by atoms with E-state index in [4.69, 9.17) is 10.4 Å². The van der Waals surface area contributed by atoms with Crippen LogP contribution in [0.5, 0.6) is 0 Å². The third-order valence-corrected chi connectivity index (χ3v) is 0.